The molecule has 4 nitrogen and oxygen atoms in total. The van der Waals surface area contributed by atoms with Crippen LogP contribution in [-0.2, 0) is 10.0 Å². The summed E-state index contributed by atoms with van der Waals surface area (Å²) in [6, 6.07) is 3.98. The monoisotopic (exact) mass is 314 g/mol. The molecule has 6 heteroatoms. The summed E-state index contributed by atoms with van der Waals surface area (Å²) in [6.45, 7) is 5.17. The van der Waals surface area contributed by atoms with Gasteiger partial charge in [-0.05, 0) is 43.2 Å². The molecule has 1 fully saturated rings. The van der Waals surface area contributed by atoms with Gasteiger partial charge >= 0.3 is 0 Å². The van der Waals surface area contributed by atoms with E-state index in [0.29, 0.717) is 24.9 Å². The summed E-state index contributed by atoms with van der Waals surface area (Å²) >= 11 is 0. The predicted octanol–water partition coefficient (Wildman–Crippen LogP) is 2.85. The fourth-order valence-corrected chi connectivity index (χ4v) is 4.58. The van der Waals surface area contributed by atoms with Gasteiger partial charge < -0.3 is 5.73 Å². The van der Waals surface area contributed by atoms with E-state index in [1.807, 2.05) is 0 Å². The molecule has 0 saturated carbocycles. The van der Waals surface area contributed by atoms with Crippen molar-refractivity contribution in [2.24, 2.45) is 11.8 Å². The second kappa shape index (κ2) is 6.32. The summed E-state index contributed by atoms with van der Waals surface area (Å²) in [7, 11) is -3.86. The molecule has 2 rings (SSSR count). The Morgan fingerprint density at radius 2 is 2.00 bits per heavy atom. The van der Waals surface area contributed by atoms with Gasteiger partial charge in [0.15, 0.2) is 0 Å². The van der Waals surface area contributed by atoms with E-state index in [2.05, 4.69) is 13.8 Å². The number of halogens is 1. The lowest BCUT2D eigenvalue weighted by atomic mass is 9.89. The number of anilines is 1. The lowest BCUT2D eigenvalue weighted by Crippen LogP contribution is -2.33. The van der Waals surface area contributed by atoms with Crippen LogP contribution in [0.25, 0.3) is 0 Å². The molecule has 0 amide bonds. The number of hydrogen-bond acceptors (Lipinski definition) is 3. The number of nitrogens with zero attached hydrogens (tertiary/aromatic N) is 1. The Hall–Kier alpha value is -1.14. The van der Waals surface area contributed by atoms with Gasteiger partial charge in [-0.25, -0.2) is 12.8 Å². The van der Waals surface area contributed by atoms with Crippen molar-refractivity contribution in [2.75, 3.05) is 18.8 Å². The van der Waals surface area contributed by atoms with Crippen LogP contribution in [0.4, 0.5) is 10.1 Å². The first kappa shape index (κ1) is 16.2. The van der Waals surface area contributed by atoms with Crippen molar-refractivity contribution in [3.63, 3.8) is 0 Å². The Kier molecular flexibility index (Phi) is 4.88. The normalized spacial score (nSPS) is 21.4. The molecule has 2 N–H and O–H groups in total. The van der Waals surface area contributed by atoms with Gasteiger partial charge in [0.25, 0.3) is 0 Å². The van der Waals surface area contributed by atoms with Crippen LogP contribution in [0.5, 0.6) is 0 Å². The molecule has 1 aromatic carbocycles. The third-order valence-electron chi connectivity index (χ3n) is 4.27. The quantitative estimate of drug-likeness (QED) is 0.873. The summed E-state index contributed by atoms with van der Waals surface area (Å²) in [6.07, 6.45) is 2.62. The fourth-order valence-electron chi connectivity index (χ4n) is 2.93. The first-order chi connectivity index (χ1) is 9.84. The second-order valence-corrected chi connectivity index (χ2v) is 7.87. The minimum absolute atomic E-state index is 0.0281. The van der Waals surface area contributed by atoms with E-state index < -0.39 is 15.8 Å². The van der Waals surface area contributed by atoms with Crippen LogP contribution in [0.3, 0.4) is 0 Å². The van der Waals surface area contributed by atoms with Crippen LogP contribution in [0.2, 0.25) is 0 Å². The van der Waals surface area contributed by atoms with E-state index in [-0.39, 0.29) is 10.6 Å². The Bertz CT molecular complexity index is 581. The Balaban J connectivity index is 2.28. The zero-order valence-corrected chi connectivity index (χ0v) is 13.4. The van der Waals surface area contributed by atoms with Crippen molar-refractivity contribution >= 4 is 15.7 Å². The Labute approximate surface area is 126 Å². The van der Waals surface area contributed by atoms with Crippen molar-refractivity contribution < 1.29 is 12.8 Å². The summed E-state index contributed by atoms with van der Waals surface area (Å²) < 4.78 is 40.6. The third kappa shape index (κ3) is 3.37. The molecule has 1 aliphatic rings. The summed E-state index contributed by atoms with van der Waals surface area (Å²) in [5, 5.41) is 0. The standard InChI is InChI=1S/C15H23FN2O2S/c1-11(2)12-5-4-9-18(10-8-12)21(19,20)15-13(16)6-3-7-14(15)17/h3,6-7,11-12H,4-5,8-10,17H2,1-2H3. The highest BCUT2D eigenvalue weighted by atomic mass is 32.2. The maximum absolute atomic E-state index is 13.9. The summed E-state index contributed by atoms with van der Waals surface area (Å²) in [5.74, 6) is 0.272. The Morgan fingerprint density at radius 1 is 1.29 bits per heavy atom. The van der Waals surface area contributed by atoms with Gasteiger partial charge in [0.1, 0.15) is 10.7 Å². The highest BCUT2D eigenvalue weighted by Gasteiger charge is 2.31. The minimum Gasteiger partial charge on any atom is -0.398 e. The minimum atomic E-state index is -3.86. The molecular weight excluding hydrogens is 291 g/mol. The SMILES string of the molecule is CC(C)C1CCCN(S(=O)(=O)c2c(N)cccc2F)CC1. The summed E-state index contributed by atoms with van der Waals surface area (Å²) in [5.41, 5.74) is 5.65. The van der Waals surface area contributed by atoms with Crippen LogP contribution in [0, 0.1) is 17.7 Å². The molecule has 0 radical (unpaired) electrons. The molecule has 0 spiro atoms. The molecule has 118 valence electrons. The number of hydrogen-bond donors (Lipinski definition) is 1. The first-order valence-corrected chi connectivity index (χ1v) is 8.82. The molecule has 1 unspecified atom stereocenters. The molecule has 0 bridgehead atoms. The maximum Gasteiger partial charge on any atom is 0.248 e. The van der Waals surface area contributed by atoms with Gasteiger partial charge in [0.05, 0.1) is 5.69 Å². The molecule has 1 saturated heterocycles. The predicted molar refractivity (Wildman–Crippen MR) is 81.8 cm³/mol. The van der Waals surface area contributed by atoms with Crippen molar-refractivity contribution in [3.8, 4) is 0 Å². The van der Waals surface area contributed by atoms with Gasteiger partial charge in [0.2, 0.25) is 10.0 Å². The number of nitrogens with two attached hydrogens (primary N) is 1. The van der Waals surface area contributed by atoms with Gasteiger partial charge in [-0.2, -0.15) is 4.31 Å². The first-order valence-electron chi connectivity index (χ1n) is 7.38. The van der Waals surface area contributed by atoms with Gasteiger partial charge in [-0.3, -0.25) is 0 Å². The zero-order valence-electron chi connectivity index (χ0n) is 12.5. The van der Waals surface area contributed by atoms with Gasteiger partial charge in [-0.1, -0.05) is 19.9 Å². The molecule has 1 heterocycles. The van der Waals surface area contributed by atoms with Crippen molar-refractivity contribution in [3.05, 3.63) is 24.0 Å². The lowest BCUT2D eigenvalue weighted by molar-refractivity contribution is 0.340. The van der Waals surface area contributed by atoms with Crippen LogP contribution in [0.15, 0.2) is 23.1 Å². The molecule has 1 aliphatic heterocycles. The largest absolute Gasteiger partial charge is 0.398 e. The zero-order chi connectivity index (χ0) is 15.6. The van der Waals surface area contributed by atoms with Crippen molar-refractivity contribution in [2.45, 2.75) is 38.0 Å². The molecule has 0 aromatic heterocycles. The van der Waals surface area contributed by atoms with Crippen LogP contribution < -0.4 is 5.73 Å². The third-order valence-corrected chi connectivity index (χ3v) is 6.26. The van der Waals surface area contributed by atoms with E-state index in [0.717, 1.165) is 25.3 Å². The molecule has 1 atom stereocenters. The number of nitrogen functional groups attached to an aromatic ring is 1. The molecular formula is C15H23FN2O2S. The highest BCUT2D eigenvalue weighted by Crippen LogP contribution is 2.30. The van der Waals surface area contributed by atoms with Gasteiger partial charge in [0, 0.05) is 13.1 Å². The van der Waals surface area contributed by atoms with E-state index in [1.165, 1.54) is 16.4 Å². The van der Waals surface area contributed by atoms with Crippen LogP contribution in [-0.4, -0.2) is 25.8 Å². The molecule has 0 aliphatic carbocycles. The number of benzene rings is 1. The number of rotatable bonds is 3. The smallest absolute Gasteiger partial charge is 0.248 e. The topological polar surface area (TPSA) is 63.4 Å². The van der Waals surface area contributed by atoms with E-state index >= 15 is 0 Å². The highest BCUT2D eigenvalue weighted by molar-refractivity contribution is 7.89. The van der Waals surface area contributed by atoms with E-state index in [4.69, 9.17) is 5.73 Å². The van der Waals surface area contributed by atoms with E-state index in [1.54, 1.807) is 0 Å². The summed E-state index contributed by atoms with van der Waals surface area (Å²) in [4.78, 5) is -0.381. The fraction of sp³-hybridized carbons (Fsp3) is 0.600. The van der Waals surface area contributed by atoms with Crippen molar-refractivity contribution in [1.82, 2.24) is 4.31 Å². The van der Waals surface area contributed by atoms with Crippen LogP contribution in [0.1, 0.15) is 33.1 Å². The average Bonchev–Trinajstić information content (AvgIpc) is 2.64. The lowest BCUT2D eigenvalue weighted by Gasteiger charge is -2.22. The number of sulfonamides is 1. The Morgan fingerprint density at radius 3 is 2.62 bits per heavy atom. The average molecular weight is 314 g/mol. The molecule has 21 heavy (non-hydrogen) atoms. The maximum atomic E-state index is 13.9. The van der Waals surface area contributed by atoms with Gasteiger partial charge in [-0.15, -0.1) is 0 Å². The van der Waals surface area contributed by atoms with Crippen LogP contribution >= 0.6 is 0 Å². The van der Waals surface area contributed by atoms with Crippen molar-refractivity contribution in [1.29, 1.82) is 0 Å². The van der Waals surface area contributed by atoms with E-state index in [9.17, 15) is 12.8 Å². The molecule has 1 aromatic rings. The second-order valence-electron chi connectivity index (χ2n) is 6.00.